The number of nitrogens with two attached hydrogens (primary N) is 1. The predicted octanol–water partition coefficient (Wildman–Crippen LogP) is 1.37. The SMILES string of the molecule is NCCN1C(=O)NCC1c1ccc(Cl)cc1. The molecule has 1 aliphatic rings. The monoisotopic (exact) mass is 239 g/mol. The number of halogens is 1. The summed E-state index contributed by atoms with van der Waals surface area (Å²) in [6.45, 7) is 1.66. The third-order valence-electron chi connectivity index (χ3n) is 2.71. The molecule has 1 saturated heterocycles. The Bertz CT molecular complexity index is 379. The Morgan fingerprint density at radius 3 is 2.75 bits per heavy atom. The zero-order valence-electron chi connectivity index (χ0n) is 8.82. The fourth-order valence-corrected chi connectivity index (χ4v) is 2.04. The van der Waals surface area contributed by atoms with Gasteiger partial charge >= 0.3 is 6.03 Å². The van der Waals surface area contributed by atoms with Gasteiger partial charge in [-0.05, 0) is 17.7 Å². The number of urea groups is 1. The van der Waals surface area contributed by atoms with Crippen molar-refractivity contribution in [1.29, 1.82) is 0 Å². The van der Waals surface area contributed by atoms with Gasteiger partial charge in [-0.2, -0.15) is 0 Å². The highest BCUT2D eigenvalue weighted by atomic mass is 35.5. The van der Waals surface area contributed by atoms with Crippen molar-refractivity contribution in [2.24, 2.45) is 5.73 Å². The second-order valence-corrected chi connectivity index (χ2v) is 4.17. The number of hydrogen-bond donors (Lipinski definition) is 2. The number of nitrogens with zero attached hydrogens (tertiary/aromatic N) is 1. The number of nitrogens with one attached hydrogen (secondary N) is 1. The van der Waals surface area contributed by atoms with E-state index in [-0.39, 0.29) is 12.1 Å². The van der Waals surface area contributed by atoms with Gasteiger partial charge < -0.3 is 16.0 Å². The molecule has 2 amide bonds. The molecule has 1 atom stereocenters. The van der Waals surface area contributed by atoms with Crippen molar-refractivity contribution in [3.8, 4) is 0 Å². The lowest BCUT2D eigenvalue weighted by molar-refractivity contribution is 0.206. The summed E-state index contributed by atoms with van der Waals surface area (Å²) in [5.74, 6) is 0. The van der Waals surface area contributed by atoms with Gasteiger partial charge in [0.2, 0.25) is 0 Å². The van der Waals surface area contributed by atoms with E-state index in [0.717, 1.165) is 5.56 Å². The fraction of sp³-hybridized carbons (Fsp3) is 0.364. The first-order valence-electron chi connectivity index (χ1n) is 5.22. The van der Waals surface area contributed by atoms with Crippen LogP contribution in [0, 0.1) is 0 Å². The molecule has 1 unspecified atom stereocenters. The Morgan fingerprint density at radius 1 is 1.44 bits per heavy atom. The topological polar surface area (TPSA) is 58.4 Å². The molecule has 1 heterocycles. The highest BCUT2D eigenvalue weighted by Crippen LogP contribution is 2.25. The summed E-state index contributed by atoms with van der Waals surface area (Å²) in [5, 5.41) is 3.52. The minimum atomic E-state index is -0.0506. The van der Waals surface area contributed by atoms with Crippen LogP contribution in [0.25, 0.3) is 0 Å². The second kappa shape index (κ2) is 4.72. The lowest BCUT2D eigenvalue weighted by atomic mass is 10.1. The van der Waals surface area contributed by atoms with Crippen LogP contribution in [0.2, 0.25) is 5.02 Å². The average molecular weight is 240 g/mol. The minimum Gasteiger partial charge on any atom is -0.336 e. The number of rotatable bonds is 3. The number of hydrogen-bond acceptors (Lipinski definition) is 2. The fourth-order valence-electron chi connectivity index (χ4n) is 1.92. The number of carbonyl (C=O) groups is 1. The summed E-state index contributed by atoms with van der Waals surface area (Å²) in [6.07, 6.45) is 0. The smallest absolute Gasteiger partial charge is 0.318 e. The van der Waals surface area contributed by atoms with Crippen molar-refractivity contribution in [3.63, 3.8) is 0 Å². The molecule has 5 heteroatoms. The first kappa shape index (κ1) is 11.2. The maximum Gasteiger partial charge on any atom is 0.318 e. The molecule has 0 radical (unpaired) electrons. The normalized spacial score (nSPS) is 20.0. The van der Waals surface area contributed by atoms with E-state index in [9.17, 15) is 4.79 Å². The van der Waals surface area contributed by atoms with Gasteiger partial charge in [0, 0.05) is 24.7 Å². The second-order valence-electron chi connectivity index (χ2n) is 3.74. The van der Waals surface area contributed by atoms with Crippen LogP contribution in [-0.2, 0) is 0 Å². The molecule has 0 spiro atoms. The molecule has 4 nitrogen and oxygen atoms in total. The molecule has 3 N–H and O–H groups in total. The van der Waals surface area contributed by atoms with Crippen LogP contribution in [0.3, 0.4) is 0 Å². The summed E-state index contributed by atoms with van der Waals surface area (Å²) >= 11 is 5.83. The zero-order valence-corrected chi connectivity index (χ0v) is 9.57. The molecular weight excluding hydrogens is 226 g/mol. The minimum absolute atomic E-state index is 0.0506. The molecule has 1 aromatic rings. The van der Waals surface area contributed by atoms with Crippen LogP contribution in [0.5, 0.6) is 0 Å². The standard InChI is InChI=1S/C11H14ClN3O/c12-9-3-1-8(2-4-9)10-7-14-11(16)15(10)6-5-13/h1-4,10H,5-7,13H2,(H,14,16). The maximum absolute atomic E-state index is 11.5. The van der Waals surface area contributed by atoms with E-state index in [1.54, 1.807) is 4.90 Å². The van der Waals surface area contributed by atoms with Crippen molar-refractivity contribution in [1.82, 2.24) is 10.2 Å². The van der Waals surface area contributed by atoms with Crippen molar-refractivity contribution in [2.45, 2.75) is 6.04 Å². The summed E-state index contributed by atoms with van der Waals surface area (Å²) in [6, 6.07) is 7.56. The maximum atomic E-state index is 11.5. The van der Waals surface area contributed by atoms with E-state index in [4.69, 9.17) is 17.3 Å². The Morgan fingerprint density at radius 2 is 2.12 bits per heavy atom. The number of carbonyl (C=O) groups excluding carboxylic acids is 1. The van der Waals surface area contributed by atoms with Crippen molar-refractivity contribution in [3.05, 3.63) is 34.9 Å². The van der Waals surface area contributed by atoms with Crippen molar-refractivity contribution in [2.75, 3.05) is 19.6 Å². The van der Waals surface area contributed by atoms with Crippen LogP contribution in [-0.4, -0.2) is 30.6 Å². The predicted molar refractivity (Wildman–Crippen MR) is 63.4 cm³/mol. The third kappa shape index (κ3) is 2.13. The molecule has 1 aromatic carbocycles. The highest BCUT2D eigenvalue weighted by Gasteiger charge is 2.30. The van der Waals surface area contributed by atoms with Gasteiger partial charge in [0.25, 0.3) is 0 Å². The quantitative estimate of drug-likeness (QED) is 0.837. The van der Waals surface area contributed by atoms with Gasteiger partial charge in [-0.25, -0.2) is 4.79 Å². The molecule has 0 saturated carbocycles. The highest BCUT2D eigenvalue weighted by molar-refractivity contribution is 6.30. The van der Waals surface area contributed by atoms with E-state index >= 15 is 0 Å². The molecule has 0 aliphatic carbocycles. The summed E-state index contributed by atoms with van der Waals surface area (Å²) < 4.78 is 0. The molecule has 2 rings (SSSR count). The first-order valence-corrected chi connectivity index (χ1v) is 5.60. The van der Waals surface area contributed by atoms with Gasteiger partial charge in [-0.15, -0.1) is 0 Å². The zero-order chi connectivity index (χ0) is 11.5. The van der Waals surface area contributed by atoms with Crippen LogP contribution in [0.15, 0.2) is 24.3 Å². The Balaban J connectivity index is 2.19. The van der Waals surface area contributed by atoms with Gasteiger partial charge in [0.05, 0.1) is 6.04 Å². The van der Waals surface area contributed by atoms with Crippen LogP contribution in [0.4, 0.5) is 4.79 Å². The van der Waals surface area contributed by atoms with Crippen LogP contribution < -0.4 is 11.1 Å². The van der Waals surface area contributed by atoms with Gasteiger partial charge in [-0.3, -0.25) is 0 Å². The molecule has 1 fully saturated rings. The summed E-state index contributed by atoms with van der Waals surface area (Å²) in [4.78, 5) is 13.3. The Labute approximate surface area is 99.4 Å². The molecule has 0 aromatic heterocycles. The molecule has 1 aliphatic heterocycles. The summed E-state index contributed by atoms with van der Waals surface area (Å²) in [5.41, 5.74) is 6.57. The van der Waals surface area contributed by atoms with E-state index in [1.165, 1.54) is 0 Å². The van der Waals surface area contributed by atoms with Gasteiger partial charge in [0.15, 0.2) is 0 Å². The lowest BCUT2D eigenvalue weighted by Crippen LogP contribution is -2.34. The Hall–Kier alpha value is -1.26. The summed E-state index contributed by atoms with van der Waals surface area (Å²) in [7, 11) is 0. The molecule has 16 heavy (non-hydrogen) atoms. The molecule has 0 bridgehead atoms. The van der Waals surface area contributed by atoms with E-state index in [1.807, 2.05) is 24.3 Å². The van der Waals surface area contributed by atoms with Crippen molar-refractivity contribution >= 4 is 17.6 Å². The van der Waals surface area contributed by atoms with Crippen molar-refractivity contribution < 1.29 is 4.79 Å². The van der Waals surface area contributed by atoms with E-state index in [0.29, 0.717) is 24.7 Å². The number of benzene rings is 1. The van der Waals surface area contributed by atoms with Crippen LogP contribution in [0.1, 0.15) is 11.6 Å². The largest absolute Gasteiger partial charge is 0.336 e. The van der Waals surface area contributed by atoms with E-state index in [2.05, 4.69) is 5.32 Å². The lowest BCUT2D eigenvalue weighted by Gasteiger charge is -2.22. The average Bonchev–Trinajstić information content (AvgIpc) is 2.63. The Kier molecular flexibility index (Phi) is 3.31. The van der Waals surface area contributed by atoms with E-state index < -0.39 is 0 Å². The number of amides is 2. The molecular formula is C11H14ClN3O. The first-order chi connectivity index (χ1) is 7.72. The molecule has 86 valence electrons. The van der Waals surface area contributed by atoms with Gasteiger partial charge in [-0.1, -0.05) is 23.7 Å². The van der Waals surface area contributed by atoms with Crippen LogP contribution >= 0.6 is 11.6 Å². The third-order valence-corrected chi connectivity index (χ3v) is 2.96. The van der Waals surface area contributed by atoms with Gasteiger partial charge in [0.1, 0.15) is 0 Å².